The predicted molar refractivity (Wildman–Crippen MR) is 119 cm³/mol. The van der Waals surface area contributed by atoms with Crippen LogP contribution in [0, 0.1) is 12.3 Å². The average molecular weight is 418 g/mol. The third-order valence-corrected chi connectivity index (χ3v) is 7.02. The highest BCUT2D eigenvalue weighted by Crippen LogP contribution is 2.49. The van der Waals surface area contributed by atoms with Gasteiger partial charge in [0.2, 0.25) is 11.8 Å². The standard InChI is InChI=1S/C25H31N5O/c1-20-27-28-24(31-20)23-16-25(19-30(23)18-22-8-5-12-26-17-22)10-14-29(15-11-25)13-9-21-6-3-2-4-7-21/h2-8,12,17,23H,9-11,13-16,18-19H2,1H3/t23-/m0/s1. The lowest BCUT2D eigenvalue weighted by Crippen LogP contribution is -2.42. The van der Waals surface area contributed by atoms with Gasteiger partial charge in [0, 0.05) is 39.0 Å². The summed E-state index contributed by atoms with van der Waals surface area (Å²) in [5, 5.41) is 8.50. The van der Waals surface area contributed by atoms with Crippen molar-refractivity contribution in [3.05, 3.63) is 77.8 Å². The quantitative estimate of drug-likeness (QED) is 0.603. The number of aromatic nitrogens is 3. The highest BCUT2D eigenvalue weighted by molar-refractivity contribution is 5.15. The Hall–Kier alpha value is -2.57. The van der Waals surface area contributed by atoms with Crippen molar-refractivity contribution in [1.82, 2.24) is 25.0 Å². The van der Waals surface area contributed by atoms with Crippen molar-refractivity contribution in [1.29, 1.82) is 0 Å². The molecule has 31 heavy (non-hydrogen) atoms. The third-order valence-electron chi connectivity index (χ3n) is 7.02. The number of piperidine rings is 1. The van der Waals surface area contributed by atoms with Crippen molar-refractivity contribution < 1.29 is 4.42 Å². The average Bonchev–Trinajstić information content (AvgIpc) is 3.38. The largest absolute Gasteiger partial charge is 0.424 e. The third kappa shape index (κ3) is 4.70. The molecule has 0 aliphatic carbocycles. The van der Waals surface area contributed by atoms with Crippen molar-refractivity contribution in [2.45, 2.75) is 45.2 Å². The number of rotatable bonds is 6. The van der Waals surface area contributed by atoms with Gasteiger partial charge in [0.1, 0.15) is 0 Å². The maximum atomic E-state index is 5.89. The van der Waals surface area contributed by atoms with Gasteiger partial charge in [0.25, 0.3) is 0 Å². The molecule has 2 aliphatic rings. The summed E-state index contributed by atoms with van der Waals surface area (Å²) in [6, 6.07) is 15.2. The van der Waals surface area contributed by atoms with Crippen LogP contribution in [0.25, 0.3) is 0 Å². The molecule has 2 aliphatic heterocycles. The molecule has 2 saturated heterocycles. The van der Waals surface area contributed by atoms with Crippen molar-refractivity contribution in [2.75, 3.05) is 26.2 Å². The summed E-state index contributed by atoms with van der Waals surface area (Å²) < 4.78 is 5.89. The molecule has 2 aromatic heterocycles. The summed E-state index contributed by atoms with van der Waals surface area (Å²) in [5.41, 5.74) is 3.00. The van der Waals surface area contributed by atoms with Crippen LogP contribution < -0.4 is 0 Å². The van der Waals surface area contributed by atoms with Crippen molar-refractivity contribution in [2.24, 2.45) is 5.41 Å². The van der Waals surface area contributed by atoms with Gasteiger partial charge in [-0.15, -0.1) is 10.2 Å². The van der Waals surface area contributed by atoms with Gasteiger partial charge < -0.3 is 9.32 Å². The van der Waals surface area contributed by atoms with E-state index >= 15 is 0 Å². The second kappa shape index (κ2) is 8.89. The zero-order valence-corrected chi connectivity index (χ0v) is 18.3. The number of pyridine rings is 1. The van der Waals surface area contributed by atoms with Crippen LogP contribution in [0.15, 0.2) is 59.3 Å². The molecule has 4 heterocycles. The molecular weight excluding hydrogens is 386 g/mol. The smallest absolute Gasteiger partial charge is 0.233 e. The zero-order valence-electron chi connectivity index (χ0n) is 18.3. The maximum absolute atomic E-state index is 5.89. The molecular formula is C25H31N5O. The molecule has 3 aromatic rings. The molecule has 0 bridgehead atoms. The second-order valence-electron chi connectivity index (χ2n) is 9.22. The summed E-state index contributed by atoms with van der Waals surface area (Å²) in [4.78, 5) is 9.47. The fourth-order valence-corrected chi connectivity index (χ4v) is 5.27. The number of aryl methyl sites for hydroxylation is 1. The Kier molecular flexibility index (Phi) is 5.83. The molecule has 1 atom stereocenters. The molecule has 1 aromatic carbocycles. The van der Waals surface area contributed by atoms with Gasteiger partial charge in [-0.25, -0.2) is 0 Å². The molecule has 6 nitrogen and oxygen atoms in total. The van der Waals surface area contributed by atoms with Gasteiger partial charge in [-0.05, 0) is 61.4 Å². The predicted octanol–water partition coefficient (Wildman–Crippen LogP) is 4.04. The summed E-state index contributed by atoms with van der Waals surface area (Å²) in [7, 11) is 0. The van der Waals surface area contributed by atoms with E-state index in [9.17, 15) is 0 Å². The van der Waals surface area contributed by atoms with Crippen LogP contribution in [0.1, 0.15) is 48.2 Å². The van der Waals surface area contributed by atoms with Crippen LogP contribution in [0.3, 0.4) is 0 Å². The Bertz CT molecular complexity index is 966. The van der Waals surface area contributed by atoms with E-state index < -0.39 is 0 Å². The maximum Gasteiger partial charge on any atom is 0.233 e. The summed E-state index contributed by atoms with van der Waals surface area (Å²) in [6.45, 7) is 7.32. The van der Waals surface area contributed by atoms with Crippen LogP contribution >= 0.6 is 0 Å². The lowest BCUT2D eigenvalue weighted by Gasteiger charge is -2.39. The SMILES string of the molecule is Cc1nnc([C@@H]2CC3(CCN(CCc4ccccc4)CC3)CN2Cc2cccnc2)o1. The molecule has 0 amide bonds. The highest BCUT2D eigenvalue weighted by Gasteiger charge is 2.47. The zero-order chi connectivity index (χ0) is 21.1. The lowest BCUT2D eigenvalue weighted by molar-refractivity contribution is 0.107. The second-order valence-corrected chi connectivity index (χ2v) is 9.22. The van der Waals surface area contributed by atoms with Gasteiger partial charge in [0.15, 0.2) is 0 Å². The van der Waals surface area contributed by atoms with E-state index in [1.807, 2.05) is 25.4 Å². The molecule has 0 unspecified atom stereocenters. The van der Waals surface area contributed by atoms with Crippen LogP contribution in [-0.2, 0) is 13.0 Å². The number of nitrogens with zero attached hydrogens (tertiary/aromatic N) is 5. The van der Waals surface area contributed by atoms with Gasteiger partial charge >= 0.3 is 0 Å². The highest BCUT2D eigenvalue weighted by atomic mass is 16.4. The van der Waals surface area contributed by atoms with E-state index in [0.717, 1.165) is 38.4 Å². The fourth-order valence-electron chi connectivity index (χ4n) is 5.27. The Balaban J connectivity index is 1.25. The number of hydrogen-bond acceptors (Lipinski definition) is 6. The van der Waals surface area contributed by atoms with E-state index in [0.29, 0.717) is 11.3 Å². The van der Waals surface area contributed by atoms with E-state index in [1.54, 1.807) is 0 Å². The van der Waals surface area contributed by atoms with Crippen LogP contribution in [0.5, 0.6) is 0 Å². The molecule has 0 radical (unpaired) electrons. The topological polar surface area (TPSA) is 58.3 Å². The Labute approximate surface area is 184 Å². The normalized spacial score (nSPS) is 21.6. The van der Waals surface area contributed by atoms with Crippen molar-refractivity contribution >= 4 is 0 Å². The molecule has 0 N–H and O–H groups in total. The molecule has 2 fully saturated rings. The first-order valence-corrected chi connectivity index (χ1v) is 11.4. The summed E-state index contributed by atoms with van der Waals surface area (Å²) >= 11 is 0. The summed E-state index contributed by atoms with van der Waals surface area (Å²) in [5.74, 6) is 1.41. The monoisotopic (exact) mass is 417 g/mol. The first-order valence-electron chi connectivity index (χ1n) is 11.4. The Morgan fingerprint density at radius 3 is 2.55 bits per heavy atom. The van der Waals surface area contributed by atoms with Gasteiger partial charge in [-0.3, -0.25) is 9.88 Å². The summed E-state index contributed by atoms with van der Waals surface area (Å²) in [6.07, 6.45) is 8.49. The van der Waals surface area contributed by atoms with Gasteiger partial charge in [-0.1, -0.05) is 36.4 Å². The Morgan fingerprint density at radius 2 is 1.84 bits per heavy atom. The molecule has 162 valence electrons. The molecule has 1 spiro atoms. The van der Waals surface area contributed by atoms with Gasteiger partial charge in [0.05, 0.1) is 6.04 Å². The molecule has 0 saturated carbocycles. The van der Waals surface area contributed by atoms with Crippen LogP contribution in [0.2, 0.25) is 0 Å². The number of likely N-dealkylation sites (tertiary alicyclic amines) is 2. The number of hydrogen-bond donors (Lipinski definition) is 0. The minimum atomic E-state index is 0.192. The first kappa shape index (κ1) is 20.3. The fraction of sp³-hybridized carbons (Fsp3) is 0.480. The minimum absolute atomic E-state index is 0.192. The van der Waals surface area contributed by atoms with Gasteiger partial charge in [-0.2, -0.15) is 0 Å². The van der Waals surface area contributed by atoms with Crippen molar-refractivity contribution in [3.8, 4) is 0 Å². The van der Waals surface area contributed by atoms with E-state index in [-0.39, 0.29) is 6.04 Å². The van der Waals surface area contributed by atoms with E-state index in [1.165, 1.54) is 37.1 Å². The minimum Gasteiger partial charge on any atom is -0.424 e. The van der Waals surface area contributed by atoms with E-state index in [4.69, 9.17) is 4.42 Å². The molecule has 6 heteroatoms. The number of benzene rings is 1. The molecule has 5 rings (SSSR count). The lowest BCUT2D eigenvalue weighted by atomic mass is 9.76. The first-order chi connectivity index (χ1) is 15.2. The van der Waals surface area contributed by atoms with E-state index in [2.05, 4.69) is 61.4 Å². The van der Waals surface area contributed by atoms with Crippen molar-refractivity contribution in [3.63, 3.8) is 0 Å². The van der Waals surface area contributed by atoms with Crippen LogP contribution in [0.4, 0.5) is 0 Å². The Morgan fingerprint density at radius 1 is 1.03 bits per heavy atom. The van der Waals surface area contributed by atoms with Crippen LogP contribution in [-0.4, -0.2) is 51.2 Å².